The zero-order valence-corrected chi connectivity index (χ0v) is 8.14. The first kappa shape index (κ1) is 9.79. The van der Waals surface area contributed by atoms with Crippen LogP contribution in [0.4, 0.5) is 0 Å². The van der Waals surface area contributed by atoms with E-state index >= 15 is 0 Å². The molecule has 0 heteroatoms. The lowest BCUT2D eigenvalue weighted by atomic mass is 9.98. The largest absolute Gasteiger partial charge is 0.0984 e. The lowest BCUT2D eigenvalue weighted by Gasteiger charge is -2.07. The van der Waals surface area contributed by atoms with Crippen molar-refractivity contribution in [2.24, 2.45) is 0 Å². The van der Waals surface area contributed by atoms with Crippen molar-refractivity contribution in [2.45, 2.75) is 19.8 Å². The third kappa shape index (κ3) is 2.09. The lowest BCUT2D eigenvalue weighted by Crippen LogP contribution is -1.91. The Kier molecular flexibility index (Phi) is 3.51. The predicted molar refractivity (Wildman–Crippen MR) is 58.5 cm³/mol. The van der Waals surface area contributed by atoms with Crippen LogP contribution in [0.2, 0.25) is 0 Å². The van der Waals surface area contributed by atoms with Crippen molar-refractivity contribution in [1.82, 2.24) is 0 Å². The van der Waals surface area contributed by atoms with Crippen LogP contribution in [0.5, 0.6) is 0 Å². The van der Waals surface area contributed by atoms with E-state index in [4.69, 9.17) is 0 Å². The van der Waals surface area contributed by atoms with Gasteiger partial charge in [-0.3, -0.25) is 0 Å². The highest BCUT2D eigenvalue weighted by molar-refractivity contribution is 5.58. The van der Waals surface area contributed by atoms with Crippen molar-refractivity contribution < 1.29 is 0 Å². The highest BCUT2D eigenvalue weighted by atomic mass is 14.1. The molecule has 0 fully saturated rings. The third-order valence-corrected chi connectivity index (χ3v) is 2.11. The molecule has 0 aromatic heterocycles. The van der Waals surface area contributed by atoms with Crippen LogP contribution in [-0.2, 0) is 6.42 Å². The van der Waals surface area contributed by atoms with Gasteiger partial charge < -0.3 is 0 Å². The maximum Gasteiger partial charge on any atom is -0.0109 e. The fourth-order valence-electron chi connectivity index (χ4n) is 1.50. The Morgan fingerprint density at radius 1 is 1.46 bits per heavy atom. The molecule has 0 aliphatic carbocycles. The van der Waals surface area contributed by atoms with Crippen molar-refractivity contribution in [3.8, 4) is 0 Å². The van der Waals surface area contributed by atoms with Gasteiger partial charge in [-0.15, -0.1) is 0 Å². The van der Waals surface area contributed by atoms with E-state index in [0.717, 1.165) is 18.4 Å². The van der Waals surface area contributed by atoms with Crippen LogP contribution in [0, 0.1) is 6.08 Å². The van der Waals surface area contributed by atoms with Gasteiger partial charge in [-0.05, 0) is 29.2 Å². The summed E-state index contributed by atoms with van der Waals surface area (Å²) in [7, 11) is 0. The normalized spacial score (nSPS) is 9.62. The number of hydrogen-bond donors (Lipinski definition) is 0. The minimum absolute atomic E-state index is 1.06. The standard InChI is InChI=1S/C13H15/c1-4-8-12-10-7-9-11(5-2)13(12)6-3/h6-7,9-10H,2-4,8H2,1H3. The summed E-state index contributed by atoms with van der Waals surface area (Å²) in [5.74, 6) is 0. The molecule has 0 heterocycles. The zero-order chi connectivity index (χ0) is 9.68. The zero-order valence-electron chi connectivity index (χ0n) is 8.14. The van der Waals surface area contributed by atoms with Gasteiger partial charge in [-0.1, -0.05) is 50.8 Å². The SMILES string of the molecule is C=[C]c1cccc(CCC)c1C=C. The van der Waals surface area contributed by atoms with Gasteiger partial charge in [0, 0.05) is 0 Å². The van der Waals surface area contributed by atoms with E-state index in [-0.39, 0.29) is 0 Å². The molecule has 13 heavy (non-hydrogen) atoms. The molecule has 0 aliphatic rings. The maximum absolute atomic E-state index is 3.81. The second kappa shape index (κ2) is 4.66. The summed E-state index contributed by atoms with van der Waals surface area (Å²) >= 11 is 0. The van der Waals surface area contributed by atoms with Crippen molar-refractivity contribution >= 4 is 6.08 Å². The monoisotopic (exact) mass is 171 g/mol. The minimum Gasteiger partial charge on any atom is -0.0984 e. The molecule has 0 bridgehead atoms. The highest BCUT2D eigenvalue weighted by Gasteiger charge is 2.01. The van der Waals surface area contributed by atoms with Crippen LogP contribution in [0.25, 0.3) is 6.08 Å². The van der Waals surface area contributed by atoms with Crippen LogP contribution in [0.1, 0.15) is 30.0 Å². The first-order chi connectivity index (χ1) is 6.33. The van der Waals surface area contributed by atoms with E-state index in [2.05, 4.69) is 32.2 Å². The Hall–Kier alpha value is -1.30. The Bertz CT molecular complexity index is 308. The summed E-state index contributed by atoms with van der Waals surface area (Å²) in [6, 6.07) is 6.20. The van der Waals surface area contributed by atoms with Gasteiger partial charge in [0.05, 0.1) is 0 Å². The molecule has 0 atom stereocenters. The average molecular weight is 171 g/mol. The van der Waals surface area contributed by atoms with Crippen molar-refractivity contribution in [3.63, 3.8) is 0 Å². The van der Waals surface area contributed by atoms with Gasteiger partial charge in [0.15, 0.2) is 0 Å². The summed E-state index contributed by atoms with van der Waals surface area (Å²) < 4.78 is 0. The van der Waals surface area contributed by atoms with Crippen LogP contribution >= 0.6 is 0 Å². The average Bonchev–Trinajstić information content (AvgIpc) is 2.18. The van der Waals surface area contributed by atoms with Gasteiger partial charge >= 0.3 is 0 Å². The van der Waals surface area contributed by atoms with E-state index in [1.54, 1.807) is 0 Å². The van der Waals surface area contributed by atoms with E-state index < -0.39 is 0 Å². The quantitative estimate of drug-likeness (QED) is 0.649. The molecule has 1 aromatic carbocycles. The van der Waals surface area contributed by atoms with Gasteiger partial charge in [0.1, 0.15) is 0 Å². The number of aryl methyl sites for hydroxylation is 1. The van der Waals surface area contributed by atoms with Crippen LogP contribution in [0.15, 0.2) is 31.4 Å². The second-order valence-electron chi connectivity index (χ2n) is 3.01. The third-order valence-electron chi connectivity index (χ3n) is 2.11. The molecular weight excluding hydrogens is 156 g/mol. The molecule has 0 spiro atoms. The number of rotatable bonds is 4. The fourth-order valence-corrected chi connectivity index (χ4v) is 1.50. The van der Waals surface area contributed by atoms with Gasteiger partial charge in [0.25, 0.3) is 0 Å². The van der Waals surface area contributed by atoms with Crippen LogP contribution < -0.4 is 0 Å². The van der Waals surface area contributed by atoms with E-state index in [9.17, 15) is 0 Å². The summed E-state index contributed by atoms with van der Waals surface area (Å²) in [4.78, 5) is 0. The summed E-state index contributed by atoms with van der Waals surface area (Å²) in [5.41, 5.74) is 3.58. The van der Waals surface area contributed by atoms with Gasteiger partial charge in [-0.2, -0.15) is 0 Å². The molecule has 67 valence electrons. The topological polar surface area (TPSA) is 0 Å². The van der Waals surface area contributed by atoms with Gasteiger partial charge in [-0.25, -0.2) is 0 Å². The Balaban J connectivity index is 3.18. The molecule has 1 radical (unpaired) electrons. The van der Waals surface area contributed by atoms with Crippen molar-refractivity contribution in [2.75, 3.05) is 0 Å². The second-order valence-corrected chi connectivity index (χ2v) is 3.01. The van der Waals surface area contributed by atoms with Gasteiger partial charge in [0.2, 0.25) is 0 Å². The molecule has 0 amide bonds. The molecule has 0 saturated heterocycles. The maximum atomic E-state index is 3.81. The Morgan fingerprint density at radius 2 is 2.23 bits per heavy atom. The highest BCUT2D eigenvalue weighted by Crippen LogP contribution is 2.17. The number of benzene rings is 1. The molecule has 0 nitrogen and oxygen atoms in total. The fraction of sp³-hybridized carbons (Fsp3) is 0.231. The van der Waals surface area contributed by atoms with E-state index in [1.165, 1.54) is 11.1 Å². The predicted octanol–water partition coefficient (Wildman–Crippen LogP) is 3.62. The molecule has 0 unspecified atom stereocenters. The first-order valence-electron chi connectivity index (χ1n) is 4.61. The number of hydrogen-bond acceptors (Lipinski definition) is 0. The van der Waals surface area contributed by atoms with Crippen LogP contribution in [0.3, 0.4) is 0 Å². The molecule has 0 aliphatic heterocycles. The molecule has 1 rings (SSSR count). The van der Waals surface area contributed by atoms with Crippen LogP contribution in [-0.4, -0.2) is 0 Å². The molecular formula is C13H15. The Labute approximate surface area is 80.6 Å². The lowest BCUT2D eigenvalue weighted by molar-refractivity contribution is 0.918. The Morgan fingerprint density at radius 3 is 2.77 bits per heavy atom. The first-order valence-corrected chi connectivity index (χ1v) is 4.61. The smallest absolute Gasteiger partial charge is 0.0109 e. The summed E-state index contributed by atoms with van der Waals surface area (Å²) in [5, 5.41) is 0. The summed E-state index contributed by atoms with van der Waals surface area (Å²) in [6.07, 6.45) is 7.06. The van der Waals surface area contributed by atoms with E-state index in [0.29, 0.717) is 0 Å². The minimum atomic E-state index is 1.06. The van der Waals surface area contributed by atoms with Crippen molar-refractivity contribution in [3.05, 3.63) is 54.1 Å². The molecule has 1 aromatic rings. The van der Waals surface area contributed by atoms with Crippen molar-refractivity contribution in [1.29, 1.82) is 0 Å². The van der Waals surface area contributed by atoms with E-state index in [1.807, 2.05) is 18.2 Å². The molecule has 0 N–H and O–H groups in total. The molecule has 0 saturated carbocycles. The summed E-state index contributed by atoms with van der Waals surface area (Å²) in [6.45, 7) is 9.66.